The highest BCUT2D eigenvalue weighted by Gasteiger charge is 2.19. The molecule has 1 aliphatic heterocycles. The average Bonchev–Trinajstić information content (AvgIpc) is 2.85. The Balaban J connectivity index is 1.59. The second-order valence-electron chi connectivity index (χ2n) is 4.66. The van der Waals surface area contributed by atoms with Crippen LogP contribution >= 0.6 is 11.8 Å². The van der Waals surface area contributed by atoms with Crippen molar-refractivity contribution >= 4 is 11.8 Å². The van der Waals surface area contributed by atoms with Crippen molar-refractivity contribution in [1.29, 1.82) is 0 Å². The predicted octanol–water partition coefficient (Wildman–Crippen LogP) is 2.75. The standard InChI is InChI=1S/C14H17N3OS/c1-10-16-14(17-18-10)6-8-15-12-7-9-19-13-5-3-2-4-11(12)13/h2-5,12,15H,6-9H2,1H3. The highest BCUT2D eigenvalue weighted by molar-refractivity contribution is 7.99. The molecule has 0 aliphatic carbocycles. The lowest BCUT2D eigenvalue weighted by Gasteiger charge is -2.25. The highest BCUT2D eigenvalue weighted by Crippen LogP contribution is 2.35. The predicted molar refractivity (Wildman–Crippen MR) is 75.3 cm³/mol. The Morgan fingerprint density at radius 3 is 3.16 bits per heavy atom. The lowest BCUT2D eigenvalue weighted by molar-refractivity contribution is 0.386. The smallest absolute Gasteiger partial charge is 0.223 e. The minimum Gasteiger partial charge on any atom is -0.340 e. The van der Waals surface area contributed by atoms with Gasteiger partial charge in [-0.1, -0.05) is 23.4 Å². The molecule has 1 unspecified atom stereocenters. The first kappa shape index (κ1) is 12.7. The van der Waals surface area contributed by atoms with Gasteiger partial charge in [-0.15, -0.1) is 11.8 Å². The molecule has 1 N–H and O–H groups in total. The first-order valence-corrected chi connectivity index (χ1v) is 7.56. The summed E-state index contributed by atoms with van der Waals surface area (Å²) in [5.74, 6) is 2.59. The Bertz CT molecular complexity index is 555. The SMILES string of the molecule is Cc1nc(CCNC2CCSc3ccccc32)no1. The van der Waals surface area contributed by atoms with Crippen molar-refractivity contribution in [2.45, 2.75) is 30.7 Å². The molecule has 1 atom stereocenters. The summed E-state index contributed by atoms with van der Waals surface area (Å²) in [5, 5.41) is 7.51. The van der Waals surface area contributed by atoms with Gasteiger partial charge in [0.2, 0.25) is 5.89 Å². The van der Waals surface area contributed by atoms with Gasteiger partial charge in [0.15, 0.2) is 5.82 Å². The zero-order chi connectivity index (χ0) is 13.1. The quantitative estimate of drug-likeness (QED) is 0.929. The van der Waals surface area contributed by atoms with Crippen LogP contribution in [0.2, 0.25) is 0 Å². The average molecular weight is 275 g/mol. The first-order chi connectivity index (χ1) is 9.33. The molecule has 0 saturated heterocycles. The molecule has 0 spiro atoms. The second-order valence-corrected chi connectivity index (χ2v) is 5.80. The lowest BCUT2D eigenvalue weighted by Crippen LogP contribution is -2.26. The van der Waals surface area contributed by atoms with Crippen molar-refractivity contribution in [3.63, 3.8) is 0 Å². The van der Waals surface area contributed by atoms with Crippen molar-refractivity contribution in [3.05, 3.63) is 41.5 Å². The van der Waals surface area contributed by atoms with Crippen LogP contribution in [0.1, 0.15) is 29.7 Å². The minimum absolute atomic E-state index is 0.449. The number of aromatic nitrogens is 2. The van der Waals surface area contributed by atoms with Gasteiger partial charge in [-0.3, -0.25) is 0 Å². The number of nitrogens with one attached hydrogen (secondary N) is 1. The minimum atomic E-state index is 0.449. The number of hydrogen-bond donors (Lipinski definition) is 1. The van der Waals surface area contributed by atoms with E-state index in [1.807, 2.05) is 18.7 Å². The van der Waals surface area contributed by atoms with Crippen LogP contribution in [0.15, 0.2) is 33.7 Å². The molecule has 1 aromatic carbocycles. The summed E-state index contributed by atoms with van der Waals surface area (Å²) in [6.07, 6.45) is 1.98. The van der Waals surface area contributed by atoms with E-state index in [0.717, 1.165) is 18.8 Å². The van der Waals surface area contributed by atoms with Crippen LogP contribution in [-0.2, 0) is 6.42 Å². The van der Waals surface area contributed by atoms with Crippen molar-refractivity contribution in [2.24, 2.45) is 0 Å². The van der Waals surface area contributed by atoms with Crippen LogP contribution in [0, 0.1) is 6.92 Å². The van der Waals surface area contributed by atoms with Gasteiger partial charge in [-0.25, -0.2) is 0 Å². The number of fused-ring (bicyclic) bond motifs is 1. The van der Waals surface area contributed by atoms with E-state index in [2.05, 4.69) is 39.7 Å². The van der Waals surface area contributed by atoms with Crippen molar-refractivity contribution < 1.29 is 4.52 Å². The van der Waals surface area contributed by atoms with E-state index in [1.165, 1.54) is 22.6 Å². The van der Waals surface area contributed by atoms with Gasteiger partial charge >= 0.3 is 0 Å². The van der Waals surface area contributed by atoms with Gasteiger partial charge in [-0.2, -0.15) is 4.98 Å². The number of thioether (sulfide) groups is 1. The Morgan fingerprint density at radius 2 is 2.32 bits per heavy atom. The van der Waals surface area contributed by atoms with Crippen LogP contribution in [0.5, 0.6) is 0 Å². The van der Waals surface area contributed by atoms with E-state index in [1.54, 1.807) is 0 Å². The van der Waals surface area contributed by atoms with E-state index in [0.29, 0.717) is 11.9 Å². The number of hydrogen-bond acceptors (Lipinski definition) is 5. The van der Waals surface area contributed by atoms with Crippen LogP contribution in [0.3, 0.4) is 0 Å². The fourth-order valence-corrected chi connectivity index (χ4v) is 3.48. The molecule has 1 aromatic heterocycles. The van der Waals surface area contributed by atoms with Crippen LogP contribution in [-0.4, -0.2) is 22.4 Å². The Morgan fingerprint density at radius 1 is 1.42 bits per heavy atom. The summed E-state index contributed by atoms with van der Waals surface area (Å²) in [6, 6.07) is 9.09. The van der Waals surface area contributed by atoms with Gasteiger partial charge in [0.25, 0.3) is 0 Å². The maximum Gasteiger partial charge on any atom is 0.223 e. The monoisotopic (exact) mass is 275 g/mol. The second kappa shape index (κ2) is 5.75. The zero-order valence-electron chi connectivity index (χ0n) is 10.9. The summed E-state index contributed by atoms with van der Waals surface area (Å²) < 4.78 is 4.97. The molecule has 2 aromatic rings. The third kappa shape index (κ3) is 2.98. The maximum absolute atomic E-state index is 4.97. The molecule has 19 heavy (non-hydrogen) atoms. The molecular weight excluding hydrogens is 258 g/mol. The molecule has 5 heteroatoms. The molecular formula is C14H17N3OS. The molecule has 0 saturated carbocycles. The van der Waals surface area contributed by atoms with Gasteiger partial charge in [0, 0.05) is 30.8 Å². The van der Waals surface area contributed by atoms with Gasteiger partial charge in [0.1, 0.15) is 0 Å². The largest absolute Gasteiger partial charge is 0.340 e. The van der Waals surface area contributed by atoms with Crippen LogP contribution in [0.4, 0.5) is 0 Å². The molecule has 2 heterocycles. The van der Waals surface area contributed by atoms with Gasteiger partial charge in [-0.05, 0) is 23.8 Å². The summed E-state index contributed by atoms with van der Waals surface area (Å²) in [7, 11) is 0. The summed E-state index contributed by atoms with van der Waals surface area (Å²) >= 11 is 1.95. The zero-order valence-corrected chi connectivity index (χ0v) is 11.7. The van der Waals surface area contributed by atoms with E-state index in [-0.39, 0.29) is 0 Å². The molecule has 3 rings (SSSR count). The van der Waals surface area contributed by atoms with E-state index < -0.39 is 0 Å². The molecule has 0 radical (unpaired) electrons. The molecule has 100 valence electrons. The van der Waals surface area contributed by atoms with Crippen molar-refractivity contribution in [1.82, 2.24) is 15.5 Å². The maximum atomic E-state index is 4.97. The Hall–Kier alpha value is -1.33. The third-order valence-corrected chi connectivity index (χ3v) is 4.39. The number of benzene rings is 1. The first-order valence-electron chi connectivity index (χ1n) is 6.57. The van der Waals surface area contributed by atoms with Crippen molar-refractivity contribution in [3.8, 4) is 0 Å². The third-order valence-electron chi connectivity index (χ3n) is 3.27. The van der Waals surface area contributed by atoms with E-state index in [9.17, 15) is 0 Å². The topological polar surface area (TPSA) is 51.0 Å². The van der Waals surface area contributed by atoms with E-state index >= 15 is 0 Å². The lowest BCUT2D eigenvalue weighted by atomic mass is 10.0. The number of nitrogens with zero attached hydrogens (tertiary/aromatic N) is 2. The highest BCUT2D eigenvalue weighted by atomic mass is 32.2. The summed E-state index contributed by atoms with van der Waals surface area (Å²) in [4.78, 5) is 5.62. The van der Waals surface area contributed by atoms with Gasteiger partial charge < -0.3 is 9.84 Å². The Kier molecular flexibility index (Phi) is 3.84. The summed E-state index contributed by atoms with van der Waals surface area (Å²) in [5.41, 5.74) is 1.42. The molecule has 1 aliphatic rings. The molecule has 4 nitrogen and oxygen atoms in total. The molecule has 0 bridgehead atoms. The van der Waals surface area contributed by atoms with Crippen LogP contribution < -0.4 is 5.32 Å². The summed E-state index contributed by atoms with van der Waals surface area (Å²) in [6.45, 7) is 2.70. The van der Waals surface area contributed by atoms with Crippen LogP contribution in [0.25, 0.3) is 0 Å². The number of rotatable bonds is 4. The van der Waals surface area contributed by atoms with Crippen molar-refractivity contribution in [2.75, 3.05) is 12.3 Å². The van der Waals surface area contributed by atoms with E-state index in [4.69, 9.17) is 4.52 Å². The fourth-order valence-electron chi connectivity index (χ4n) is 2.36. The Labute approximate surface area is 117 Å². The number of aryl methyl sites for hydroxylation is 1. The molecule has 0 fully saturated rings. The van der Waals surface area contributed by atoms with Gasteiger partial charge in [0.05, 0.1) is 0 Å². The fraction of sp³-hybridized carbons (Fsp3) is 0.429. The molecule has 0 amide bonds. The normalized spacial score (nSPS) is 18.3.